The van der Waals surface area contributed by atoms with E-state index in [0.717, 1.165) is 30.8 Å². The third-order valence-electron chi connectivity index (χ3n) is 4.33. The highest BCUT2D eigenvalue weighted by atomic mass is 16.2. The average molecular weight is 317 g/mol. The first-order valence-electron chi connectivity index (χ1n) is 8.34. The molecule has 1 saturated heterocycles. The monoisotopic (exact) mass is 317 g/mol. The third kappa shape index (κ3) is 6.02. The zero-order valence-electron chi connectivity index (χ0n) is 14.1. The molecule has 0 aromatic heterocycles. The first-order valence-corrected chi connectivity index (χ1v) is 8.34. The minimum atomic E-state index is 0.0700. The number of hydrogen-bond donors (Lipinski definition) is 2. The van der Waals surface area contributed by atoms with Gasteiger partial charge in [-0.3, -0.25) is 9.59 Å². The molecule has 1 aliphatic rings. The summed E-state index contributed by atoms with van der Waals surface area (Å²) in [5.41, 5.74) is 1.75. The first kappa shape index (κ1) is 17.5. The molecule has 5 heteroatoms. The second-order valence-electron chi connectivity index (χ2n) is 6.44. The molecule has 0 radical (unpaired) electrons. The zero-order valence-corrected chi connectivity index (χ0v) is 14.1. The molecule has 0 atom stereocenters. The number of likely N-dealkylation sites (N-methyl/N-ethyl adjacent to an activating group) is 1. The Morgan fingerprint density at radius 2 is 1.83 bits per heavy atom. The van der Waals surface area contributed by atoms with Crippen molar-refractivity contribution < 1.29 is 9.59 Å². The second kappa shape index (κ2) is 8.67. The summed E-state index contributed by atoms with van der Waals surface area (Å²) in [7, 11) is 3.50. The summed E-state index contributed by atoms with van der Waals surface area (Å²) in [5.74, 6) is 0.811. The number of amides is 2. The van der Waals surface area contributed by atoms with Crippen LogP contribution in [0.25, 0.3) is 0 Å². The lowest BCUT2D eigenvalue weighted by molar-refractivity contribution is -0.128. The quantitative estimate of drug-likeness (QED) is 0.844. The van der Waals surface area contributed by atoms with E-state index in [0.29, 0.717) is 18.8 Å². The van der Waals surface area contributed by atoms with Gasteiger partial charge in [-0.25, -0.2) is 0 Å². The van der Waals surface area contributed by atoms with E-state index in [1.165, 1.54) is 12.8 Å². The SMILES string of the molecule is CN(C)C(=O)Cc1ccc(NC(=O)CCC2CCNCC2)cc1. The molecule has 2 amide bonds. The summed E-state index contributed by atoms with van der Waals surface area (Å²) in [6, 6.07) is 7.51. The van der Waals surface area contributed by atoms with Gasteiger partial charge in [-0.2, -0.15) is 0 Å². The Kier molecular flexibility index (Phi) is 6.59. The molecule has 1 fully saturated rings. The van der Waals surface area contributed by atoms with Crippen LogP contribution in [-0.4, -0.2) is 43.9 Å². The van der Waals surface area contributed by atoms with Gasteiger partial charge in [0, 0.05) is 26.2 Å². The molecule has 2 rings (SSSR count). The number of piperidine rings is 1. The van der Waals surface area contributed by atoms with Crippen molar-refractivity contribution in [3.63, 3.8) is 0 Å². The van der Waals surface area contributed by atoms with Gasteiger partial charge in [-0.1, -0.05) is 12.1 Å². The van der Waals surface area contributed by atoms with Crippen LogP contribution in [0.2, 0.25) is 0 Å². The molecule has 0 aliphatic carbocycles. The summed E-state index contributed by atoms with van der Waals surface area (Å²) in [6.45, 7) is 2.14. The van der Waals surface area contributed by atoms with E-state index in [2.05, 4.69) is 10.6 Å². The number of benzene rings is 1. The predicted molar refractivity (Wildman–Crippen MR) is 92.3 cm³/mol. The largest absolute Gasteiger partial charge is 0.349 e. The molecule has 1 aromatic rings. The van der Waals surface area contributed by atoms with Gasteiger partial charge in [0.2, 0.25) is 11.8 Å². The van der Waals surface area contributed by atoms with Crippen LogP contribution in [0, 0.1) is 5.92 Å². The van der Waals surface area contributed by atoms with Crippen LogP contribution >= 0.6 is 0 Å². The maximum absolute atomic E-state index is 12.0. The Bertz CT molecular complexity index is 520. The molecule has 2 N–H and O–H groups in total. The van der Waals surface area contributed by atoms with E-state index >= 15 is 0 Å². The lowest BCUT2D eigenvalue weighted by atomic mass is 9.93. The summed E-state index contributed by atoms with van der Waals surface area (Å²) < 4.78 is 0. The van der Waals surface area contributed by atoms with Gasteiger partial charge in [0.05, 0.1) is 6.42 Å². The molecule has 0 bridgehead atoms. The molecular formula is C18H27N3O2. The second-order valence-corrected chi connectivity index (χ2v) is 6.44. The molecule has 0 unspecified atom stereocenters. The molecule has 0 saturated carbocycles. The van der Waals surface area contributed by atoms with E-state index in [4.69, 9.17) is 0 Å². The minimum absolute atomic E-state index is 0.0700. The number of carbonyl (C=O) groups is 2. The number of anilines is 1. The molecule has 5 nitrogen and oxygen atoms in total. The fraction of sp³-hybridized carbons (Fsp3) is 0.556. The van der Waals surface area contributed by atoms with E-state index in [1.807, 2.05) is 24.3 Å². The van der Waals surface area contributed by atoms with Gasteiger partial charge in [0.25, 0.3) is 0 Å². The Hall–Kier alpha value is -1.88. The molecule has 0 spiro atoms. The molecule has 1 aliphatic heterocycles. The van der Waals surface area contributed by atoms with Crippen molar-refractivity contribution in [2.45, 2.75) is 32.1 Å². The van der Waals surface area contributed by atoms with Crippen molar-refractivity contribution in [3.05, 3.63) is 29.8 Å². The van der Waals surface area contributed by atoms with Crippen LogP contribution in [0.5, 0.6) is 0 Å². The highest BCUT2D eigenvalue weighted by Crippen LogP contribution is 2.18. The maximum Gasteiger partial charge on any atom is 0.226 e. The highest BCUT2D eigenvalue weighted by molar-refractivity contribution is 5.90. The molecular weight excluding hydrogens is 290 g/mol. The average Bonchev–Trinajstić information content (AvgIpc) is 2.55. The summed E-state index contributed by atoms with van der Waals surface area (Å²) in [6.07, 6.45) is 4.26. The van der Waals surface area contributed by atoms with Crippen LogP contribution in [0.4, 0.5) is 5.69 Å². The van der Waals surface area contributed by atoms with Crippen molar-refractivity contribution in [2.75, 3.05) is 32.5 Å². The van der Waals surface area contributed by atoms with Gasteiger partial charge in [-0.15, -0.1) is 0 Å². The van der Waals surface area contributed by atoms with Gasteiger partial charge < -0.3 is 15.5 Å². The van der Waals surface area contributed by atoms with Crippen LogP contribution in [0.1, 0.15) is 31.2 Å². The highest BCUT2D eigenvalue weighted by Gasteiger charge is 2.14. The Morgan fingerprint density at radius 3 is 2.43 bits per heavy atom. The van der Waals surface area contributed by atoms with Crippen molar-refractivity contribution in [3.8, 4) is 0 Å². The van der Waals surface area contributed by atoms with E-state index in [9.17, 15) is 9.59 Å². The zero-order chi connectivity index (χ0) is 16.7. The fourth-order valence-electron chi connectivity index (χ4n) is 2.77. The van der Waals surface area contributed by atoms with Crippen molar-refractivity contribution >= 4 is 17.5 Å². The lowest BCUT2D eigenvalue weighted by Crippen LogP contribution is -2.28. The summed E-state index contributed by atoms with van der Waals surface area (Å²) >= 11 is 0. The van der Waals surface area contributed by atoms with Gasteiger partial charge in [0.1, 0.15) is 0 Å². The molecule has 23 heavy (non-hydrogen) atoms. The summed E-state index contributed by atoms with van der Waals surface area (Å²) in [4.78, 5) is 25.3. The standard InChI is InChI=1S/C18H27N3O2/c1-21(2)18(23)13-15-3-6-16(7-4-15)20-17(22)8-5-14-9-11-19-12-10-14/h3-4,6-7,14,19H,5,8-13H2,1-2H3,(H,20,22). The van der Waals surface area contributed by atoms with Crippen molar-refractivity contribution in [2.24, 2.45) is 5.92 Å². The van der Waals surface area contributed by atoms with Crippen LogP contribution in [0.15, 0.2) is 24.3 Å². The molecule has 1 aromatic carbocycles. The fourth-order valence-corrected chi connectivity index (χ4v) is 2.77. The van der Waals surface area contributed by atoms with Crippen molar-refractivity contribution in [1.82, 2.24) is 10.2 Å². The Balaban J connectivity index is 1.76. The van der Waals surface area contributed by atoms with Gasteiger partial charge >= 0.3 is 0 Å². The van der Waals surface area contributed by atoms with Crippen LogP contribution in [0.3, 0.4) is 0 Å². The van der Waals surface area contributed by atoms with E-state index in [1.54, 1.807) is 19.0 Å². The number of hydrogen-bond acceptors (Lipinski definition) is 3. The third-order valence-corrected chi connectivity index (χ3v) is 4.33. The number of nitrogens with zero attached hydrogens (tertiary/aromatic N) is 1. The predicted octanol–water partition coefficient (Wildman–Crippen LogP) is 2.04. The van der Waals surface area contributed by atoms with Crippen molar-refractivity contribution in [1.29, 1.82) is 0 Å². The van der Waals surface area contributed by atoms with Gasteiger partial charge in [-0.05, 0) is 56.0 Å². The van der Waals surface area contributed by atoms with E-state index in [-0.39, 0.29) is 11.8 Å². The van der Waals surface area contributed by atoms with E-state index < -0.39 is 0 Å². The van der Waals surface area contributed by atoms with Gasteiger partial charge in [0.15, 0.2) is 0 Å². The van der Waals surface area contributed by atoms with Crippen LogP contribution < -0.4 is 10.6 Å². The lowest BCUT2D eigenvalue weighted by Gasteiger charge is -2.22. The van der Waals surface area contributed by atoms with Crippen LogP contribution in [-0.2, 0) is 16.0 Å². The smallest absolute Gasteiger partial charge is 0.226 e. The topological polar surface area (TPSA) is 61.4 Å². The minimum Gasteiger partial charge on any atom is -0.349 e. The Morgan fingerprint density at radius 1 is 1.17 bits per heavy atom. The Labute approximate surface area is 138 Å². The normalized spacial score (nSPS) is 15.2. The first-order chi connectivity index (χ1) is 11.0. The number of rotatable bonds is 6. The molecule has 1 heterocycles. The number of nitrogens with one attached hydrogen (secondary N) is 2. The molecule has 126 valence electrons. The number of carbonyl (C=O) groups excluding carboxylic acids is 2. The summed E-state index contributed by atoms with van der Waals surface area (Å²) in [5, 5.41) is 6.28. The maximum atomic E-state index is 12.0.